The van der Waals surface area contributed by atoms with E-state index in [4.69, 9.17) is 18.9 Å². The fourth-order valence-electron chi connectivity index (χ4n) is 9.25. The number of esters is 1. The van der Waals surface area contributed by atoms with Gasteiger partial charge in [0.2, 0.25) is 0 Å². The number of hydrogen-bond donors (Lipinski definition) is 5. The summed E-state index contributed by atoms with van der Waals surface area (Å²) in [5, 5.41) is 60.8. The molecule has 0 aromatic heterocycles. The SMILES string of the molecule is C=C(C)[C@@]12C[C@@H](C)[C@@]34O[C@](c5ccccc5)(O[C@@H]1[C@@H]3[C@H](O)[C@](O)(COC(=O)c1ccccc1)[C@@H](O)[C@]1(O)[C@@H](O)[C@H](C)C[C@@H]14)O2. The van der Waals surface area contributed by atoms with Crippen molar-refractivity contribution < 1.29 is 49.3 Å². The van der Waals surface area contributed by atoms with Crippen molar-refractivity contribution in [1.29, 1.82) is 0 Å². The van der Waals surface area contributed by atoms with Crippen LogP contribution in [0.4, 0.5) is 0 Å². The number of benzene rings is 2. The van der Waals surface area contributed by atoms with Crippen LogP contribution in [0.5, 0.6) is 0 Å². The molecule has 236 valence electrons. The standard InChI is InChI=1S/C34H40O10/c1-18(2)31-16-20(4)33-23-15-19(3)25(35)32(23,40)29(38)30(39,17-41-28(37)21-11-7-5-8-12-21)26(36)24(33)27(31)42-34(43-31,44-33)22-13-9-6-10-14-22/h5-14,19-20,23-27,29,35-36,38-40H,1,15-17H2,2-4H3/t19-,20-,23+,24+,25+,26+,27-,29-,30-,31+,32-,33+,34-/m1/s1. The third-order valence-corrected chi connectivity index (χ3v) is 11.4. The molecule has 13 atom stereocenters. The third-order valence-electron chi connectivity index (χ3n) is 11.4. The van der Waals surface area contributed by atoms with Gasteiger partial charge in [0.15, 0.2) is 5.60 Å². The Morgan fingerprint density at radius 3 is 2.25 bits per heavy atom. The van der Waals surface area contributed by atoms with E-state index in [0.717, 1.165) is 0 Å². The first kappa shape index (κ1) is 30.0. The normalized spacial score (nSPS) is 48.7. The number of fused-ring (bicyclic) bond motifs is 2. The van der Waals surface area contributed by atoms with Crippen LogP contribution in [0.15, 0.2) is 72.8 Å². The highest BCUT2D eigenvalue weighted by molar-refractivity contribution is 5.89. The van der Waals surface area contributed by atoms with Gasteiger partial charge in [0.25, 0.3) is 0 Å². The molecule has 10 heteroatoms. The van der Waals surface area contributed by atoms with Crippen molar-refractivity contribution >= 4 is 5.97 Å². The van der Waals surface area contributed by atoms with Gasteiger partial charge in [-0.25, -0.2) is 4.79 Å². The van der Waals surface area contributed by atoms with Crippen molar-refractivity contribution in [2.45, 2.75) is 86.4 Å². The van der Waals surface area contributed by atoms with Gasteiger partial charge in [-0.2, -0.15) is 0 Å². The zero-order valence-corrected chi connectivity index (χ0v) is 25.0. The molecule has 2 aliphatic heterocycles. The van der Waals surface area contributed by atoms with Crippen molar-refractivity contribution in [3.05, 3.63) is 83.9 Å². The average molecular weight is 609 g/mol. The minimum Gasteiger partial charge on any atom is -0.459 e. The molecular formula is C34H40O10. The Bertz CT molecular complexity index is 1470. The fourth-order valence-corrected chi connectivity index (χ4v) is 9.25. The van der Waals surface area contributed by atoms with E-state index in [0.29, 0.717) is 17.6 Å². The smallest absolute Gasteiger partial charge is 0.338 e. The van der Waals surface area contributed by atoms with Gasteiger partial charge >= 0.3 is 11.9 Å². The van der Waals surface area contributed by atoms with Gasteiger partial charge in [-0.05, 0) is 49.3 Å². The van der Waals surface area contributed by atoms with Crippen molar-refractivity contribution in [3.8, 4) is 0 Å². The molecule has 5 fully saturated rings. The number of carbonyl (C=O) groups is 1. The molecule has 44 heavy (non-hydrogen) atoms. The van der Waals surface area contributed by atoms with Crippen LogP contribution in [-0.2, 0) is 24.9 Å². The largest absolute Gasteiger partial charge is 0.459 e. The minimum atomic E-state index is -2.64. The molecule has 7 rings (SSSR count). The second kappa shape index (κ2) is 9.67. The Morgan fingerprint density at radius 1 is 0.977 bits per heavy atom. The third kappa shape index (κ3) is 3.56. The van der Waals surface area contributed by atoms with E-state index < -0.39 is 89.0 Å². The van der Waals surface area contributed by atoms with Crippen molar-refractivity contribution in [2.75, 3.05) is 6.61 Å². The van der Waals surface area contributed by atoms with E-state index in [1.165, 1.54) is 12.1 Å². The summed E-state index contributed by atoms with van der Waals surface area (Å²) in [5.41, 5.74) is -6.27. The fraction of sp³-hybridized carbons (Fsp3) is 0.559. The van der Waals surface area contributed by atoms with Gasteiger partial charge in [-0.1, -0.05) is 69.0 Å². The molecule has 5 aliphatic rings. The first-order chi connectivity index (χ1) is 20.8. The predicted octanol–water partition coefficient (Wildman–Crippen LogP) is 2.02. The molecule has 2 aromatic carbocycles. The molecule has 2 heterocycles. The van der Waals surface area contributed by atoms with Crippen LogP contribution >= 0.6 is 0 Å². The number of carbonyl (C=O) groups excluding carboxylic acids is 1. The summed E-state index contributed by atoms with van der Waals surface area (Å²) in [6.07, 6.45) is -5.89. The quantitative estimate of drug-likeness (QED) is 0.252. The van der Waals surface area contributed by atoms with E-state index in [1.54, 1.807) is 37.3 Å². The molecule has 10 nitrogen and oxygen atoms in total. The Hall–Kier alpha value is -2.67. The maximum Gasteiger partial charge on any atom is 0.338 e. The monoisotopic (exact) mass is 608 g/mol. The Morgan fingerprint density at radius 2 is 1.61 bits per heavy atom. The first-order valence-corrected chi connectivity index (χ1v) is 15.3. The van der Waals surface area contributed by atoms with E-state index in [1.807, 2.05) is 32.0 Å². The van der Waals surface area contributed by atoms with Gasteiger partial charge in [0.1, 0.15) is 30.0 Å². The number of hydrogen-bond acceptors (Lipinski definition) is 10. The summed E-state index contributed by atoms with van der Waals surface area (Å²) in [5.74, 6) is -5.59. The lowest BCUT2D eigenvalue weighted by atomic mass is 9.53. The summed E-state index contributed by atoms with van der Waals surface area (Å²) in [6, 6.07) is 17.2. The van der Waals surface area contributed by atoms with Gasteiger partial charge in [0.05, 0.1) is 23.4 Å². The molecule has 2 aromatic rings. The van der Waals surface area contributed by atoms with E-state index in [9.17, 15) is 30.3 Å². The molecule has 3 aliphatic carbocycles. The molecular weight excluding hydrogens is 568 g/mol. The zero-order chi connectivity index (χ0) is 31.4. The first-order valence-electron chi connectivity index (χ1n) is 15.3. The Kier molecular flexibility index (Phi) is 6.59. The predicted molar refractivity (Wildman–Crippen MR) is 155 cm³/mol. The van der Waals surface area contributed by atoms with E-state index in [-0.39, 0.29) is 12.0 Å². The van der Waals surface area contributed by atoms with Crippen LogP contribution in [0.3, 0.4) is 0 Å². The van der Waals surface area contributed by atoms with Gasteiger partial charge < -0.3 is 44.5 Å². The lowest BCUT2D eigenvalue weighted by molar-refractivity contribution is -0.446. The van der Waals surface area contributed by atoms with Gasteiger partial charge in [-0.3, -0.25) is 0 Å². The van der Waals surface area contributed by atoms with Crippen LogP contribution in [-0.4, -0.2) is 84.9 Å². The summed E-state index contributed by atoms with van der Waals surface area (Å²) in [7, 11) is 0. The molecule has 0 spiro atoms. The molecule has 0 radical (unpaired) electrons. The number of ether oxygens (including phenoxy) is 4. The minimum absolute atomic E-state index is 0.200. The van der Waals surface area contributed by atoms with Crippen LogP contribution in [0.25, 0.3) is 0 Å². The second-order valence-corrected chi connectivity index (χ2v) is 13.7. The molecule has 0 amide bonds. The maximum absolute atomic E-state index is 13.0. The highest BCUT2D eigenvalue weighted by atomic mass is 16.9. The lowest BCUT2D eigenvalue weighted by Gasteiger charge is -2.61. The molecule has 0 unspecified atom stereocenters. The highest BCUT2D eigenvalue weighted by Gasteiger charge is 2.85. The maximum atomic E-state index is 13.0. The number of aliphatic hydroxyl groups excluding tert-OH is 3. The average Bonchev–Trinajstić information content (AvgIpc) is 3.38. The van der Waals surface area contributed by atoms with Crippen molar-refractivity contribution in [2.24, 2.45) is 23.7 Å². The van der Waals surface area contributed by atoms with Crippen molar-refractivity contribution in [1.82, 2.24) is 0 Å². The number of rotatable bonds is 5. The second-order valence-electron chi connectivity index (χ2n) is 13.7. The molecule has 3 bridgehead atoms. The summed E-state index contributed by atoms with van der Waals surface area (Å²) >= 11 is 0. The van der Waals surface area contributed by atoms with E-state index in [2.05, 4.69) is 6.58 Å². The summed E-state index contributed by atoms with van der Waals surface area (Å²) < 4.78 is 26.0. The van der Waals surface area contributed by atoms with Crippen LogP contribution in [0.1, 0.15) is 49.5 Å². The Balaban J connectivity index is 1.42. The molecule has 2 saturated heterocycles. The van der Waals surface area contributed by atoms with Crippen molar-refractivity contribution in [3.63, 3.8) is 0 Å². The molecule has 3 saturated carbocycles. The Labute approximate surface area is 255 Å². The molecule has 5 N–H and O–H groups in total. The topological polar surface area (TPSA) is 155 Å². The summed E-state index contributed by atoms with van der Waals surface area (Å²) in [4.78, 5) is 13.0. The number of aliphatic hydroxyl groups is 5. The van der Waals surface area contributed by atoms with Gasteiger partial charge in [-0.15, -0.1) is 0 Å². The van der Waals surface area contributed by atoms with E-state index >= 15 is 0 Å². The zero-order valence-electron chi connectivity index (χ0n) is 25.0. The summed E-state index contributed by atoms with van der Waals surface area (Å²) in [6.45, 7) is 8.85. The van der Waals surface area contributed by atoms with Crippen LogP contribution in [0.2, 0.25) is 0 Å². The lowest BCUT2D eigenvalue weighted by Crippen LogP contribution is -2.73. The van der Waals surface area contributed by atoms with Gasteiger partial charge in [0, 0.05) is 17.4 Å². The van der Waals surface area contributed by atoms with Crippen LogP contribution < -0.4 is 0 Å². The highest BCUT2D eigenvalue weighted by Crippen LogP contribution is 2.72. The van der Waals surface area contributed by atoms with Crippen LogP contribution in [0, 0.1) is 23.7 Å².